The maximum atomic E-state index is 12.7. The molecule has 5 nitrogen and oxygen atoms in total. The number of hydrogen-bond donors (Lipinski definition) is 0. The van der Waals surface area contributed by atoms with Gasteiger partial charge in [-0.2, -0.15) is 13.2 Å². The molecule has 0 fully saturated rings. The number of rotatable bonds is 8. The van der Waals surface area contributed by atoms with Crippen LogP contribution in [0.25, 0.3) is 22.4 Å². The minimum absolute atomic E-state index is 0.221. The van der Waals surface area contributed by atoms with Gasteiger partial charge in [-0.1, -0.05) is 12.1 Å². The number of benzene rings is 1. The molecule has 0 aliphatic carbocycles. The van der Waals surface area contributed by atoms with Crippen LogP contribution in [0.1, 0.15) is 13.8 Å². The van der Waals surface area contributed by atoms with Crippen LogP contribution in [0, 0.1) is 0 Å². The van der Waals surface area contributed by atoms with Gasteiger partial charge in [-0.15, -0.1) is 0 Å². The van der Waals surface area contributed by atoms with Gasteiger partial charge < -0.3 is 14.2 Å². The second-order valence-corrected chi connectivity index (χ2v) is 6.31. The van der Waals surface area contributed by atoms with E-state index in [9.17, 15) is 13.2 Å². The first-order valence-corrected chi connectivity index (χ1v) is 9.24. The van der Waals surface area contributed by atoms with Crippen LogP contribution in [-0.4, -0.2) is 47.0 Å². The Hall–Kier alpha value is -2.61. The molecule has 0 atom stereocenters. The second kappa shape index (κ2) is 8.60. The summed E-state index contributed by atoms with van der Waals surface area (Å²) in [5.74, 6) is 1.01. The third-order valence-corrected chi connectivity index (χ3v) is 4.40. The van der Waals surface area contributed by atoms with E-state index in [4.69, 9.17) is 4.74 Å². The summed E-state index contributed by atoms with van der Waals surface area (Å²) >= 11 is 0. The molecule has 0 N–H and O–H groups in total. The fourth-order valence-electron chi connectivity index (χ4n) is 3.10. The minimum atomic E-state index is -4.27. The zero-order valence-electron chi connectivity index (χ0n) is 15.9. The smallest absolute Gasteiger partial charge is 0.380 e. The quantitative estimate of drug-likeness (QED) is 0.529. The molecule has 0 aliphatic rings. The van der Waals surface area contributed by atoms with Crippen LogP contribution in [0.3, 0.4) is 0 Å². The van der Waals surface area contributed by atoms with Crippen LogP contribution in [0.2, 0.25) is 0 Å². The van der Waals surface area contributed by atoms with Crippen molar-refractivity contribution in [2.45, 2.75) is 26.6 Å². The zero-order chi connectivity index (χ0) is 20.1. The Labute approximate surface area is 161 Å². The van der Waals surface area contributed by atoms with E-state index in [1.54, 1.807) is 25.3 Å². The molecule has 0 bridgehead atoms. The third-order valence-electron chi connectivity index (χ3n) is 4.40. The van der Waals surface area contributed by atoms with E-state index < -0.39 is 12.7 Å². The van der Waals surface area contributed by atoms with Gasteiger partial charge in [0.15, 0.2) is 0 Å². The highest BCUT2D eigenvalue weighted by Gasteiger charge is 2.30. The van der Waals surface area contributed by atoms with Gasteiger partial charge in [0.2, 0.25) is 0 Å². The predicted octanol–water partition coefficient (Wildman–Crippen LogP) is 4.52. The molecule has 1 aromatic carbocycles. The maximum absolute atomic E-state index is 12.7. The van der Waals surface area contributed by atoms with E-state index in [0.29, 0.717) is 25.6 Å². The van der Waals surface area contributed by atoms with Crippen LogP contribution in [0.4, 0.5) is 19.0 Å². The lowest BCUT2D eigenvalue weighted by molar-refractivity contribution is -0.119. The van der Waals surface area contributed by atoms with E-state index in [0.717, 1.165) is 22.4 Å². The highest BCUT2D eigenvalue weighted by atomic mass is 19.4. The topological polar surface area (TPSA) is 43.2 Å². The molecule has 2 heterocycles. The number of nitrogens with zero attached hydrogens (tertiary/aromatic N) is 4. The summed E-state index contributed by atoms with van der Waals surface area (Å²) in [6.45, 7) is 4.61. The standard InChI is InChI=1S/C20H23F3N4O/c1-3-26(14-20(21,22)23)18-10-9-15(13-24-18)19-25-16-7-5-6-8-17(16)27(19)11-12-28-4-2/h5-10,13H,3-4,11-12,14H2,1-2H3. The maximum Gasteiger partial charge on any atom is 0.405 e. The largest absolute Gasteiger partial charge is 0.405 e. The SMILES string of the molecule is CCOCCn1c(-c2ccc(N(CC)CC(F)(F)F)nc2)nc2ccccc21. The molecular formula is C20H23F3N4O. The number of hydrogen-bond acceptors (Lipinski definition) is 4. The van der Waals surface area contributed by atoms with Crippen molar-refractivity contribution in [3.8, 4) is 11.4 Å². The molecule has 3 aromatic rings. The minimum Gasteiger partial charge on any atom is -0.380 e. The Kier molecular flexibility index (Phi) is 6.18. The lowest BCUT2D eigenvalue weighted by Crippen LogP contribution is -2.34. The van der Waals surface area contributed by atoms with Gasteiger partial charge in [0.25, 0.3) is 0 Å². The van der Waals surface area contributed by atoms with Crippen LogP contribution in [-0.2, 0) is 11.3 Å². The number of aromatic nitrogens is 3. The number of alkyl halides is 3. The molecule has 0 saturated heterocycles. The van der Waals surface area contributed by atoms with Crippen molar-refractivity contribution >= 4 is 16.9 Å². The average molecular weight is 392 g/mol. The van der Waals surface area contributed by atoms with Crippen molar-refractivity contribution in [1.82, 2.24) is 14.5 Å². The highest BCUT2D eigenvalue weighted by Crippen LogP contribution is 2.26. The molecule has 0 saturated carbocycles. The molecule has 2 aromatic heterocycles. The number of pyridine rings is 1. The van der Waals surface area contributed by atoms with Gasteiger partial charge in [0.05, 0.1) is 17.6 Å². The number of halogens is 3. The summed E-state index contributed by atoms with van der Waals surface area (Å²) in [6, 6.07) is 11.2. The Morgan fingerprint density at radius 3 is 2.54 bits per heavy atom. The summed E-state index contributed by atoms with van der Waals surface area (Å²) < 4.78 is 45.8. The lowest BCUT2D eigenvalue weighted by Gasteiger charge is -2.23. The van der Waals surface area contributed by atoms with Gasteiger partial charge in [0.1, 0.15) is 18.2 Å². The summed E-state index contributed by atoms with van der Waals surface area (Å²) in [4.78, 5) is 10.1. The van der Waals surface area contributed by atoms with Crippen molar-refractivity contribution in [2.75, 3.05) is 31.2 Å². The fraction of sp³-hybridized carbons (Fsp3) is 0.400. The van der Waals surface area contributed by atoms with Crippen molar-refractivity contribution in [1.29, 1.82) is 0 Å². The molecule has 8 heteroatoms. The third kappa shape index (κ3) is 4.62. The van der Waals surface area contributed by atoms with E-state index in [2.05, 4.69) is 14.5 Å². The molecule has 0 radical (unpaired) electrons. The monoisotopic (exact) mass is 392 g/mol. The highest BCUT2D eigenvalue weighted by molar-refractivity contribution is 5.80. The summed E-state index contributed by atoms with van der Waals surface area (Å²) in [7, 11) is 0. The Morgan fingerprint density at radius 2 is 1.89 bits per heavy atom. The molecule has 3 rings (SSSR count). The Balaban J connectivity index is 1.92. The van der Waals surface area contributed by atoms with Gasteiger partial charge >= 0.3 is 6.18 Å². The fourth-order valence-corrected chi connectivity index (χ4v) is 3.10. The predicted molar refractivity (Wildman–Crippen MR) is 103 cm³/mol. The normalized spacial score (nSPS) is 11.9. The zero-order valence-corrected chi connectivity index (χ0v) is 15.9. The average Bonchev–Trinajstić information content (AvgIpc) is 3.04. The van der Waals surface area contributed by atoms with E-state index in [-0.39, 0.29) is 6.54 Å². The molecule has 0 amide bonds. The van der Waals surface area contributed by atoms with Crippen LogP contribution < -0.4 is 4.90 Å². The molecular weight excluding hydrogens is 369 g/mol. The van der Waals surface area contributed by atoms with E-state index in [1.165, 1.54) is 4.90 Å². The summed E-state index contributed by atoms with van der Waals surface area (Å²) in [6.07, 6.45) is -2.70. The van der Waals surface area contributed by atoms with E-state index in [1.807, 2.05) is 31.2 Å². The molecule has 0 spiro atoms. The first-order chi connectivity index (χ1) is 13.4. The first kappa shape index (κ1) is 20.1. The van der Waals surface area contributed by atoms with Gasteiger partial charge in [-0.05, 0) is 38.1 Å². The molecule has 0 aliphatic heterocycles. The van der Waals surface area contributed by atoms with Crippen LogP contribution in [0.5, 0.6) is 0 Å². The number of imidazole rings is 1. The number of ether oxygens (including phenoxy) is 1. The van der Waals surface area contributed by atoms with Crippen molar-refractivity contribution in [3.63, 3.8) is 0 Å². The van der Waals surface area contributed by atoms with Crippen LogP contribution in [0.15, 0.2) is 42.6 Å². The van der Waals surface area contributed by atoms with Gasteiger partial charge in [-0.25, -0.2) is 9.97 Å². The summed E-state index contributed by atoms with van der Waals surface area (Å²) in [5.41, 5.74) is 2.58. The second-order valence-electron chi connectivity index (χ2n) is 6.31. The van der Waals surface area contributed by atoms with Gasteiger partial charge in [-0.3, -0.25) is 0 Å². The number of fused-ring (bicyclic) bond motifs is 1. The summed E-state index contributed by atoms with van der Waals surface area (Å²) in [5, 5.41) is 0. The van der Waals surface area contributed by atoms with Crippen molar-refractivity contribution in [3.05, 3.63) is 42.6 Å². The molecule has 28 heavy (non-hydrogen) atoms. The Bertz CT molecular complexity index is 906. The van der Waals surface area contributed by atoms with E-state index >= 15 is 0 Å². The number of para-hydroxylation sites is 2. The molecule has 150 valence electrons. The molecule has 0 unspecified atom stereocenters. The van der Waals surface area contributed by atoms with Crippen LogP contribution >= 0.6 is 0 Å². The first-order valence-electron chi connectivity index (χ1n) is 9.24. The van der Waals surface area contributed by atoms with Crippen molar-refractivity contribution in [2.24, 2.45) is 0 Å². The Morgan fingerprint density at radius 1 is 1.11 bits per heavy atom. The lowest BCUT2D eigenvalue weighted by atomic mass is 10.2. The van der Waals surface area contributed by atoms with Crippen molar-refractivity contribution < 1.29 is 17.9 Å². The van der Waals surface area contributed by atoms with Gasteiger partial charge in [0, 0.05) is 31.5 Å². The number of anilines is 1.